The summed E-state index contributed by atoms with van der Waals surface area (Å²) in [5, 5.41) is 6.57. The molecule has 34 heavy (non-hydrogen) atoms. The number of Topliss-reactive ketones (excluding diaryl/α,β-unsaturated/α-hetero) is 1. The number of carbonyl (C=O) groups is 1. The molecule has 2 aliphatic rings. The van der Waals surface area contributed by atoms with Crippen molar-refractivity contribution in [3.8, 4) is 0 Å². The molecule has 11 heteroatoms. The van der Waals surface area contributed by atoms with Crippen molar-refractivity contribution in [1.29, 1.82) is 0 Å². The van der Waals surface area contributed by atoms with Gasteiger partial charge in [-0.25, -0.2) is 15.0 Å². The molecule has 0 unspecified atom stereocenters. The molecule has 0 spiro atoms. The van der Waals surface area contributed by atoms with Crippen LogP contribution in [0.15, 0.2) is 43.0 Å². The summed E-state index contributed by atoms with van der Waals surface area (Å²) in [6, 6.07) is 9.26. The molecule has 11 nitrogen and oxygen atoms in total. The number of nitrogens with one attached hydrogen (secondary N) is 2. The van der Waals surface area contributed by atoms with E-state index in [1.807, 2.05) is 48.7 Å². The zero-order valence-corrected chi connectivity index (χ0v) is 19.2. The highest BCUT2D eigenvalue weighted by Gasteiger charge is 2.55. The smallest absolute Gasteiger partial charge is 0.176 e. The maximum Gasteiger partial charge on any atom is 0.176 e. The van der Waals surface area contributed by atoms with Gasteiger partial charge in [0.2, 0.25) is 0 Å². The summed E-state index contributed by atoms with van der Waals surface area (Å²) >= 11 is 0. The number of aromatic nitrogens is 4. The van der Waals surface area contributed by atoms with Gasteiger partial charge in [0.25, 0.3) is 0 Å². The number of ether oxygens (including phenoxy) is 3. The van der Waals surface area contributed by atoms with E-state index in [2.05, 4.69) is 25.6 Å². The molecule has 4 N–H and O–H groups in total. The molecule has 180 valence electrons. The van der Waals surface area contributed by atoms with Crippen LogP contribution in [0.3, 0.4) is 0 Å². The van der Waals surface area contributed by atoms with Crippen molar-refractivity contribution in [3.05, 3.63) is 48.5 Å². The maximum absolute atomic E-state index is 12.2. The number of ketones is 1. The van der Waals surface area contributed by atoms with Crippen molar-refractivity contribution in [2.75, 3.05) is 31.9 Å². The molecule has 0 amide bonds. The topological polar surface area (TPSA) is 138 Å². The summed E-state index contributed by atoms with van der Waals surface area (Å²) in [4.78, 5) is 24.9. The first-order valence-corrected chi connectivity index (χ1v) is 11.4. The molecule has 0 radical (unpaired) electrons. The third-order valence-electron chi connectivity index (χ3n) is 5.99. The number of nitrogen functional groups attached to an aromatic ring is 1. The zero-order valence-electron chi connectivity index (χ0n) is 19.2. The molecule has 2 saturated heterocycles. The van der Waals surface area contributed by atoms with Crippen LogP contribution in [0.4, 0.5) is 5.82 Å². The van der Waals surface area contributed by atoms with E-state index in [0.717, 1.165) is 0 Å². The van der Waals surface area contributed by atoms with E-state index in [9.17, 15) is 4.79 Å². The van der Waals surface area contributed by atoms with Crippen LogP contribution in [0, 0.1) is 0 Å². The molecule has 0 saturated carbocycles. The number of imidazole rings is 1. The van der Waals surface area contributed by atoms with Crippen molar-refractivity contribution < 1.29 is 19.0 Å². The minimum Gasteiger partial charge on any atom is -0.382 e. The molecule has 2 aromatic heterocycles. The Labute approximate surface area is 197 Å². The summed E-state index contributed by atoms with van der Waals surface area (Å²) in [6.07, 6.45) is 1.79. The first-order chi connectivity index (χ1) is 16.4. The lowest BCUT2D eigenvalue weighted by Gasteiger charge is -2.25. The van der Waals surface area contributed by atoms with Crippen molar-refractivity contribution in [2.24, 2.45) is 0 Å². The van der Waals surface area contributed by atoms with Crippen LogP contribution in [0.2, 0.25) is 0 Å². The van der Waals surface area contributed by atoms with E-state index < -0.39 is 12.0 Å². The fourth-order valence-electron chi connectivity index (χ4n) is 4.45. The van der Waals surface area contributed by atoms with Crippen LogP contribution in [-0.4, -0.2) is 75.6 Å². The van der Waals surface area contributed by atoms with E-state index in [-0.39, 0.29) is 24.1 Å². The van der Waals surface area contributed by atoms with Crippen LogP contribution < -0.4 is 16.4 Å². The van der Waals surface area contributed by atoms with Gasteiger partial charge in [-0.15, -0.1) is 0 Å². The average Bonchev–Trinajstić information content (AvgIpc) is 3.48. The van der Waals surface area contributed by atoms with Gasteiger partial charge in [-0.1, -0.05) is 30.3 Å². The molecule has 0 aliphatic carbocycles. The third kappa shape index (κ3) is 4.52. The summed E-state index contributed by atoms with van der Waals surface area (Å²) in [7, 11) is 0. The van der Waals surface area contributed by atoms with Crippen LogP contribution in [-0.2, 0) is 14.2 Å². The molecule has 0 bridgehead atoms. The second-order valence-electron chi connectivity index (χ2n) is 8.88. The number of rotatable bonds is 9. The number of benzene rings is 1. The lowest BCUT2D eigenvalue weighted by atomic mass is 10.1. The summed E-state index contributed by atoms with van der Waals surface area (Å²) in [6.45, 7) is 5.97. The highest BCUT2D eigenvalue weighted by atomic mass is 16.8. The Morgan fingerprint density at radius 3 is 2.68 bits per heavy atom. The van der Waals surface area contributed by atoms with E-state index in [4.69, 9.17) is 19.9 Å². The number of hydrogen-bond donors (Lipinski definition) is 3. The predicted octanol–water partition coefficient (Wildman–Crippen LogP) is 0.888. The molecule has 1 aromatic carbocycles. The zero-order chi connectivity index (χ0) is 23.7. The van der Waals surface area contributed by atoms with Gasteiger partial charge in [-0.3, -0.25) is 9.36 Å². The van der Waals surface area contributed by atoms with Crippen molar-refractivity contribution in [2.45, 2.75) is 44.2 Å². The number of hydrogen-bond acceptors (Lipinski definition) is 10. The third-order valence-corrected chi connectivity index (χ3v) is 5.99. The van der Waals surface area contributed by atoms with E-state index >= 15 is 0 Å². The lowest BCUT2D eigenvalue weighted by Crippen LogP contribution is -2.40. The SMILES string of the molecule is CC1(C)O[C@@H]2[C@H](O1)[C@@H](CNCCNCC(=O)c1ccccc1)O[C@H]2n1cnc2c(N)ncnc21. The molecule has 4 atom stereocenters. The molecular formula is C23H29N7O4. The molecule has 2 aliphatic heterocycles. The quantitative estimate of drug-likeness (QED) is 0.307. The Morgan fingerprint density at radius 1 is 1.09 bits per heavy atom. The number of carbonyl (C=O) groups excluding carboxylic acids is 1. The molecule has 5 rings (SSSR count). The monoisotopic (exact) mass is 467 g/mol. The Kier molecular flexibility index (Phi) is 6.28. The Morgan fingerprint density at radius 2 is 1.85 bits per heavy atom. The van der Waals surface area contributed by atoms with Crippen LogP contribution in [0.5, 0.6) is 0 Å². The fraction of sp³-hybridized carbons (Fsp3) is 0.478. The van der Waals surface area contributed by atoms with Gasteiger partial charge in [0.05, 0.1) is 12.9 Å². The standard InChI is InChI=1S/C23H29N7O4/c1-23(2)33-18-16(11-26-9-8-25-10-15(31)14-6-4-3-5-7-14)32-22(19(18)34-23)30-13-29-17-20(24)27-12-28-21(17)30/h3-7,12-13,16,18-19,22,25-26H,8-11H2,1-2H3,(H2,24,27,28)/t16-,18-,19-,22-/m1/s1. The van der Waals surface area contributed by atoms with Crippen molar-refractivity contribution >= 4 is 22.8 Å². The van der Waals surface area contributed by atoms with Crippen molar-refractivity contribution in [3.63, 3.8) is 0 Å². The highest BCUT2D eigenvalue weighted by molar-refractivity contribution is 5.97. The van der Waals surface area contributed by atoms with Crippen LogP contribution in [0.1, 0.15) is 30.4 Å². The van der Waals surface area contributed by atoms with Gasteiger partial charge >= 0.3 is 0 Å². The maximum atomic E-state index is 12.2. The lowest BCUT2D eigenvalue weighted by molar-refractivity contribution is -0.195. The van der Waals surface area contributed by atoms with Gasteiger partial charge < -0.3 is 30.6 Å². The van der Waals surface area contributed by atoms with Gasteiger partial charge in [-0.2, -0.15) is 0 Å². The number of anilines is 1. The number of nitrogens with zero attached hydrogens (tertiary/aromatic N) is 4. The van der Waals surface area contributed by atoms with Gasteiger partial charge in [-0.05, 0) is 13.8 Å². The van der Waals surface area contributed by atoms with Gasteiger partial charge in [0.15, 0.2) is 29.3 Å². The number of fused-ring (bicyclic) bond motifs is 2. The largest absolute Gasteiger partial charge is 0.382 e. The summed E-state index contributed by atoms with van der Waals surface area (Å²) in [5.74, 6) is -0.334. The van der Waals surface area contributed by atoms with E-state index in [1.54, 1.807) is 6.33 Å². The predicted molar refractivity (Wildman–Crippen MR) is 124 cm³/mol. The average molecular weight is 468 g/mol. The molecule has 3 aromatic rings. The normalized spacial score (nSPS) is 25.6. The molecule has 2 fully saturated rings. The second-order valence-corrected chi connectivity index (χ2v) is 8.88. The Hall–Kier alpha value is -2.96. The second kappa shape index (κ2) is 9.35. The summed E-state index contributed by atoms with van der Waals surface area (Å²) < 4.78 is 20.5. The minimum atomic E-state index is -0.723. The first-order valence-electron chi connectivity index (χ1n) is 11.4. The van der Waals surface area contributed by atoms with E-state index in [1.165, 1.54) is 6.33 Å². The Balaban J connectivity index is 1.17. The fourth-order valence-corrected chi connectivity index (χ4v) is 4.45. The Bertz CT molecular complexity index is 1150. The van der Waals surface area contributed by atoms with Gasteiger partial charge in [0.1, 0.15) is 30.2 Å². The highest BCUT2D eigenvalue weighted by Crippen LogP contribution is 2.43. The first kappa shape index (κ1) is 22.8. The van der Waals surface area contributed by atoms with E-state index in [0.29, 0.717) is 48.7 Å². The van der Waals surface area contributed by atoms with Crippen molar-refractivity contribution in [1.82, 2.24) is 30.2 Å². The van der Waals surface area contributed by atoms with Crippen LogP contribution >= 0.6 is 0 Å². The minimum absolute atomic E-state index is 0.0705. The van der Waals surface area contributed by atoms with Gasteiger partial charge in [0, 0.05) is 25.2 Å². The molecular weight excluding hydrogens is 438 g/mol. The van der Waals surface area contributed by atoms with Crippen LogP contribution in [0.25, 0.3) is 11.2 Å². The molecule has 4 heterocycles. The summed E-state index contributed by atoms with van der Waals surface area (Å²) in [5.41, 5.74) is 7.76. The number of nitrogens with two attached hydrogens (primary N) is 1.